The molecule has 0 saturated heterocycles. The summed E-state index contributed by atoms with van der Waals surface area (Å²) in [5.74, 6) is 3.30. The minimum atomic E-state index is 0.216. The summed E-state index contributed by atoms with van der Waals surface area (Å²) in [6, 6.07) is 12.5. The number of rotatable bonds is 11. The van der Waals surface area contributed by atoms with Crippen molar-refractivity contribution in [3.8, 4) is 5.75 Å². The van der Waals surface area contributed by atoms with E-state index in [1.807, 2.05) is 32.0 Å². The summed E-state index contributed by atoms with van der Waals surface area (Å²) in [5.41, 5.74) is 1.29. The lowest BCUT2D eigenvalue weighted by molar-refractivity contribution is 0.242. The van der Waals surface area contributed by atoms with E-state index in [4.69, 9.17) is 9.15 Å². The fraction of sp³-hybridized carbons (Fsp3) is 0.545. The molecule has 0 aliphatic heterocycles. The molecule has 1 aromatic carbocycles. The van der Waals surface area contributed by atoms with Crippen molar-refractivity contribution in [1.29, 1.82) is 0 Å². The first-order valence-corrected chi connectivity index (χ1v) is 9.54. The van der Waals surface area contributed by atoms with Gasteiger partial charge in [0.05, 0.1) is 12.4 Å². The molecular weight excluding hydrogens is 310 g/mol. The number of nitrogens with one attached hydrogen (secondary N) is 1. The van der Waals surface area contributed by atoms with Crippen LogP contribution in [0.1, 0.15) is 64.2 Å². The number of benzene rings is 1. The van der Waals surface area contributed by atoms with Crippen LogP contribution in [-0.4, -0.2) is 12.6 Å². The van der Waals surface area contributed by atoms with Gasteiger partial charge in [0.15, 0.2) is 0 Å². The predicted molar refractivity (Wildman–Crippen MR) is 104 cm³/mol. The van der Waals surface area contributed by atoms with E-state index in [0.717, 1.165) is 36.9 Å². The van der Waals surface area contributed by atoms with Crippen LogP contribution in [0.15, 0.2) is 47.1 Å². The zero-order valence-electron chi connectivity index (χ0n) is 16.1. The molecule has 0 amide bonds. The molecule has 1 aromatic heterocycles. The molecule has 2 rings (SSSR count). The van der Waals surface area contributed by atoms with Gasteiger partial charge in [0.25, 0.3) is 0 Å². The molecule has 0 fully saturated rings. The second-order valence-electron chi connectivity index (χ2n) is 7.46. The number of furan rings is 1. The van der Waals surface area contributed by atoms with Crippen LogP contribution in [-0.2, 0) is 6.54 Å². The van der Waals surface area contributed by atoms with E-state index in [9.17, 15) is 0 Å². The van der Waals surface area contributed by atoms with Gasteiger partial charge < -0.3 is 14.5 Å². The molecule has 0 unspecified atom stereocenters. The fourth-order valence-corrected chi connectivity index (χ4v) is 2.95. The topological polar surface area (TPSA) is 34.4 Å². The molecule has 3 heteroatoms. The van der Waals surface area contributed by atoms with Crippen molar-refractivity contribution in [3.05, 3.63) is 54.0 Å². The Morgan fingerprint density at radius 1 is 0.960 bits per heavy atom. The van der Waals surface area contributed by atoms with E-state index in [2.05, 4.69) is 37.4 Å². The Balaban J connectivity index is 1.75. The monoisotopic (exact) mass is 343 g/mol. The van der Waals surface area contributed by atoms with Crippen LogP contribution >= 0.6 is 0 Å². The van der Waals surface area contributed by atoms with Gasteiger partial charge in [-0.05, 0) is 69.0 Å². The molecule has 2 aromatic rings. The van der Waals surface area contributed by atoms with Crippen molar-refractivity contribution < 1.29 is 9.15 Å². The fourth-order valence-electron chi connectivity index (χ4n) is 2.95. The van der Waals surface area contributed by atoms with Gasteiger partial charge in [-0.1, -0.05) is 32.4 Å². The summed E-state index contributed by atoms with van der Waals surface area (Å²) in [4.78, 5) is 0. The molecule has 0 spiro atoms. The van der Waals surface area contributed by atoms with Crippen LogP contribution in [0.4, 0.5) is 0 Å². The molecule has 0 bridgehead atoms. The molecule has 138 valence electrons. The van der Waals surface area contributed by atoms with E-state index in [-0.39, 0.29) is 6.10 Å². The van der Waals surface area contributed by atoms with Gasteiger partial charge in [0, 0.05) is 12.5 Å². The molecule has 1 N–H and O–H groups in total. The summed E-state index contributed by atoms with van der Waals surface area (Å²) in [5, 5.41) is 3.56. The smallest absolute Gasteiger partial charge is 0.119 e. The predicted octanol–water partition coefficient (Wildman–Crippen LogP) is 5.77. The highest BCUT2D eigenvalue weighted by molar-refractivity contribution is 5.27. The van der Waals surface area contributed by atoms with Gasteiger partial charge in [0.1, 0.15) is 11.5 Å². The Kier molecular flexibility index (Phi) is 8.07. The highest BCUT2D eigenvalue weighted by Crippen LogP contribution is 2.26. The second-order valence-corrected chi connectivity index (χ2v) is 7.46. The second kappa shape index (κ2) is 10.3. The lowest BCUT2D eigenvalue weighted by Gasteiger charge is -2.16. The normalized spacial score (nSPS) is 12.7. The molecule has 25 heavy (non-hydrogen) atoms. The van der Waals surface area contributed by atoms with Gasteiger partial charge in [-0.2, -0.15) is 0 Å². The minimum absolute atomic E-state index is 0.216. The Hall–Kier alpha value is -1.74. The Morgan fingerprint density at radius 2 is 1.72 bits per heavy atom. The van der Waals surface area contributed by atoms with Gasteiger partial charge in [-0.3, -0.25) is 0 Å². The van der Waals surface area contributed by atoms with Gasteiger partial charge in [-0.25, -0.2) is 0 Å². The summed E-state index contributed by atoms with van der Waals surface area (Å²) in [7, 11) is 0. The Morgan fingerprint density at radius 3 is 2.32 bits per heavy atom. The van der Waals surface area contributed by atoms with E-state index in [0.29, 0.717) is 5.92 Å². The third kappa shape index (κ3) is 7.35. The summed E-state index contributed by atoms with van der Waals surface area (Å²) >= 11 is 0. The summed E-state index contributed by atoms with van der Waals surface area (Å²) < 4.78 is 11.3. The zero-order valence-corrected chi connectivity index (χ0v) is 16.1. The quantitative estimate of drug-likeness (QED) is 0.526. The maximum Gasteiger partial charge on any atom is 0.119 e. The SMILES string of the molecule is CC(C)CC[C@H](CCNCc1ccc(OC(C)C)cc1)c1ccco1. The highest BCUT2D eigenvalue weighted by atomic mass is 16.5. The van der Waals surface area contributed by atoms with Gasteiger partial charge in [0.2, 0.25) is 0 Å². The van der Waals surface area contributed by atoms with Crippen LogP contribution in [0.3, 0.4) is 0 Å². The van der Waals surface area contributed by atoms with Crippen LogP contribution in [0, 0.1) is 5.92 Å². The average Bonchev–Trinajstić information content (AvgIpc) is 3.09. The number of ether oxygens (including phenoxy) is 1. The number of hydrogen-bond donors (Lipinski definition) is 1. The molecule has 1 heterocycles. The van der Waals surface area contributed by atoms with Gasteiger partial charge >= 0.3 is 0 Å². The van der Waals surface area contributed by atoms with Crippen LogP contribution in [0.25, 0.3) is 0 Å². The first-order chi connectivity index (χ1) is 12.0. The first-order valence-electron chi connectivity index (χ1n) is 9.54. The largest absolute Gasteiger partial charge is 0.491 e. The van der Waals surface area contributed by atoms with Crippen LogP contribution < -0.4 is 10.1 Å². The lowest BCUT2D eigenvalue weighted by Crippen LogP contribution is -2.17. The zero-order chi connectivity index (χ0) is 18.1. The molecule has 0 aliphatic rings. The molecule has 1 atom stereocenters. The third-order valence-corrected chi connectivity index (χ3v) is 4.33. The summed E-state index contributed by atoms with van der Waals surface area (Å²) in [6.45, 7) is 10.5. The van der Waals surface area contributed by atoms with Crippen molar-refractivity contribution in [1.82, 2.24) is 5.32 Å². The number of hydrogen-bond acceptors (Lipinski definition) is 3. The molecular formula is C22H33NO2. The van der Waals surface area contributed by atoms with Gasteiger partial charge in [-0.15, -0.1) is 0 Å². The molecule has 0 aliphatic carbocycles. The molecule has 0 radical (unpaired) electrons. The summed E-state index contributed by atoms with van der Waals surface area (Å²) in [6.07, 6.45) is 5.53. The van der Waals surface area contributed by atoms with Crippen molar-refractivity contribution in [2.45, 2.75) is 65.5 Å². The van der Waals surface area contributed by atoms with Crippen LogP contribution in [0.2, 0.25) is 0 Å². The van der Waals surface area contributed by atoms with Crippen molar-refractivity contribution in [2.24, 2.45) is 5.92 Å². The van der Waals surface area contributed by atoms with E-state index >= 15 is 0 Å². The first kappa shape index (κ1) is 19.6. The highest BCUT2D eigenvalue weighted by Gasteiger charge is 2.14. The Bertz CT molecular complexity index is 573. The van der Waals surface area contributed by atoms with E-state index in [1.165, 1.54) is 18.4 Å². The van der Waals surface area contributed by atoms with Crippen molar-refractivity contribution >= 4 is 0 Å². The van der Waals surface area contributed by atoms with Crippen molar-refractivity contribution in [3.63, 3.8) is 0 Å². The maximum absolute atomic E-state index is 5.68. The molecule has 0 saturated carbocycles. The van der Waals surface area contributed by atoms with E-state index in [1.54, 1.807) is 6.26 Å². The lowest BCUT2D eigenvalue weighted by atomic mass is 9.93. The van der Waals surface area contributed by atoms with Crippen molar-refractivity contribution in [2.75, 3.05) is 6.54 Å². The van der Waals surface area contributed by atoms with E-state index < -0.39 is 0 Å². The van der Waals surface area contributed by atoms with Crippen LogP contribution in [0.5, 0.6) is 5.75 Å². The Labute approximate surface area is 152 Å². The molecule has 3 nitrogen and oxygen atoms in total. The maximum atomic E-state index is 5.68. The minimum Gasteiger partial charge on any atom is -0.491 e. The average molecular weight is 344 g/mol. The standard InChI is InChI=1S/C22H33NO2/c1-17(2)7-10-20(22-6-5-15-24-22)13-14-23-16-19-8-11-21(12-9-19)25-18(3)4/h5-6,8-9,11-12,15,17-18,20,23H,7,10,13-14,16H2,1-4H3/t20-/m1/s1. The third-order valence-electron chi connectivity index (χ3n) is 4.33.